The number of aryl methyl sites for hydroxylation is 2. The van der Waals surface area contributed by atoms with Crippen molar-refractivity contribution in [3.05, 3.63) is 57.7 Å². The SMILES string of the molecule is Cc1nnnn1C(=Cc1ccccc1)C(=O)OCC(=O)Nc1sc2c(c1C#N)CCC2. The smallest absolute Gasteiger partial charge is 0.357 e. The van der Waals surface area contributed by atoms with Crippen LogP contribution in [0.3, 0.4) is 0 Å². The molecule has 4 rings (SSSR count). The summed E-state index contributed by atoms with van der Waals surface area (Å²) in [6, 6.07) is 11.3. The van der Waals surface area contributed by atoms with Crippen molar-refractivity contribution in [2.45, 2.75) is 26.2 Å². The molecule has 0 radical (unpaired) electrons. The van der Waals surface area contributed by atoms with Crippen LogP contribution in [0.25, 0.3) is 11.8 Å². The molecular formula is C21H18N6O3S. The zero-order valence-electron chi connectivity index (χ0n) is 16.7. The molecule has 0 unspecified atom stereocenters. The summed E-state index contributed by atoms with van der Waals surface area (Å²) in [6.45, 7) is 1.15. The lowest BCUT2D eigenvalue weighted by molar-refractivity contribution is -0.141. The highest BCUT2D eigenvalue weighted by Crippen LogP contribution is 2.38. The number of nitrogens with zero attached hydrogens (tertiary/aromatic N) is 5. The summed E-state index contributed by atoms with van der Waals surface area (Å²) >= 11 is 1.41. The quantitative estimate of drug-likeness (QED) is 0.467. The van der Waals surface area contributed by atoms with E-state index in [0.717, 1.165) is 35.3 Å². The van der Waals surface area contributed by atoms with E-state index in [0.29, 0.717) is 16.4 Å². The Morgan fingerprint density at radius 2 is 2.13 bits per heavy atom. The van der Waals surface area contributed by atoms with Crippen molar-refractivity contribution in [1.29, 1.82) is 5.26 Å². The maximum Gasteiger partial charge on any atom is 0.357 e. The number of carbonyl (C=O) groups is 2. The Morgan fingerprint density at radius 1 is 1.32 bits per heavy atom. The second kappa shape index (κ2) is 8.89. The molecule has 0 saturated carbocycles. The van der Waals surface area contributed by atoms with Gasteiger partial charge >= 0.3 is 5.97 Å². The summed E-state index contributed by atoms with van der Waals surface area (Å²) in [7, 11) is 0. The molecule has 10 heteroatoms. The molecule has 1 N–H and O–H groups in total. The fraction of sp³-hybridized carbons (Fsp3) is 0.238. The van der Waals surface area contributed by atoms with E-state index in [1.165, 1.54) is 16.0 Å². The Labute approximate surface area is 182 Å². The molecule has 0 fully saturated rings. The maximum absolute atomic E-state index is 12.8. The topological polar surface area (TPSA) is 123 Å². The van der Waals surface area contributed by atoms with E-state index in [2.05, 4.69) is 26.9 Å². The van der Waals surface area contributed by atoms with Gasteiger partial charge in [-0.3, -0.25) is 4.79 Å². The number of tetrazole rings is 1. The second-order valence-corrected chi connectivity index (χ2v) is 7.98. The third-order valence-corrected chi connectivity index (χ3v) is 5.99. The van der Waals surface area contributed by atoms with Gasteiger partial charge in [0.25, 0.3) is 5.91 Å². The number of ether oxygens (including phenoxy) is 1. The number of nitrogens with one attached hydrogen (secondary N) is 1. The number of fused-ring (bicyclic) bond motifs is 1. The van der Waals surface area contributed by atoms with Gasteiger partial charge < -0.3 is 10.1 Å². The molecule has 0 aliphatic heterocycles. The lowest BCUT2D eigenvalue weighted by Gasteiger charge is -2.09. The minimum absolute atomic E-state index is 0.0781. The van der Waals surface area contributed by atoms with Crippen LogP contribution in [0.1, 0.15) is 33.8 Å². The van der Waals surface area contributed by atoms with Crippen LogP contribution < -0.4 is 5.32 Å². The molecule has 0 atom stereocenters. The van der Waals surface area contributed by atoms with E-state index in [-0.39, 0.29) is 5.70 Å². The summed E-state index contributed by atoms with van der Waals surface area (Å²) in [5.41, 5.74) is 2.35. The van der Waals surface area contributed by atoms with Gasteiger partial charge in [-0.25, -0.2) is 4.79 Å². The molecule has 156 valence electrons. The highest BCUT2D eigenvalue weighted by molar-refractivity contribution is 7.16. The molecular weight excluding hydrogens is 416 g/mol. The zero-order valence-corrected chi connectivity index (χ0v) is 17.5. The van der Waals surface area contributed by atoms with Crippen LogP contribution in [0.2, 0.25) is 0 Å². The number of hydrogen-bond donors (Lipinski definition) is 1. The fourth-order valence-electron chi connectivity index (χ4n) is 3.35. The molecule has 1 aromatic carbocycles. The van der Waals surface area contributed by atoms with E-state index in [1.54, 1.807) is 13.0 Å². The minimum Gasteiger partial charge on any atom is -0.451 e. The fourth-order valence-corrected chi connectivity index (χ4v) is 4.60. The molecule has 1 amide bonds. The summed E-state index contributed by atoms with van der Waals surface area (Å²) in [5.74, 6) is -0.865. The number of hydrogen-bond acceptors (Lipinski definition) is 8. The summed E-state index contributed by atoms with van der Waals surface area (Å²) in [5, 5.41) is 23.8. The average molecular weight is 434 g/mol. The number of benzene rings is 1. The first-order valence-corrected chi connectivity index (χ1v) is 10.4. The van der Waals surface area contributed by atoms with Crippen LogP contribution in [-0.2, 0) is 27.2 Å². The molecule has 31 heavy (non-hydrogen) atoms. The maximum atomic E-state index is 12.8. The first-order valence-electron chi connectivity index (χ1n) is 9.60. The summed E-state index contributed by atoms with van der Waals surface area (Å²) in [6.07, 6.45) is 4.37. The Bertz CT molecular complexity index is 1210. The van der Waals surface area contributed by atoms with Crippen LogP contribution in [-0.4, -0.2) is 38.7 Å². The van der Waals surface area contributed by atoms with Crippen LogP contribution in [0.15, 0.2) is 30.3 Å². The van der Waals surface area contributed by atoms with Gasteiger partial charge in [0.15, 0.2) is 18.1 Å². The predicted molar refractivity (Wildman–Crippen MR) is 114 cm³/mol. The second-order valence-electron chi connectivity index (χ2n) is 6.88. The van der Waals surface area contributed by atoms with Gasteiger partial charge in [-0.05, 0) is 53.8 Å². The third kappa shape index (κ3) is 4.36. The van der Waals surface area contributed by atoms with Crippen molar-refractivity contribution in [2.24, 2.45) is 0 Å². The number of carbonyl (C=O) groups excluding carboxylic acids is 2. The molecule has 0 saturated heterocycles. The van der Waals surface area contributed by atoms with E-state index >= 15 is 0 Å². The van der Waals surface area contributed by atoms with E-state index in [4.69, 9.17) is 4.74 Å². The Kier molecular flexibility index (Phi) is 5.86. The number of esters is 1. The number of amides is 1. The van der Waals surface area contributed by atoms with Gasteiger partial charge in [-0.1, -0.05) is 30.3 Å². The number of anilines is 1. The Hall–Kier alpha value is -3.84. The van der Waals surface area contributed by atoms with Gasteiger partial charge in [-0.2, -0.15) is 9.94 Å². The van der Waals surface area contributed by atoms with Crippen molar-refractivity contribution in [3.8, 4) is 6.07 Å². The first kappa shape index (κ1) is 20.4. The number of nitriles is 1. The van der Waals surface area contributed by atoms with Crippen molar-refractivity contribution in [1.82, 2.24) is 20.2 Å². The van der Waals surface area contributed by atoms with Crippen LogP contribution in [0.4, 0.5) is 5.00 Å². The van der Waals surface area contributed by atoms with Crippen LogP contribution >= 0.6 is 11.3 Å². The molecule has 1 aliphatic rings. The van der Waals surface area contributed by atoms with Gasteiger partial charge in [0, 0.05) is 4.88 Å². The first-order chi connectivity index (χ1) is 15.1. The molecule has 0 bridgehead atoms. The lowest BCUT2D eigenvalue weighted by atomic mass is 10.1. The van der Waals surface area contributed by atoms with Gasteiger partial charge in [0.1, 0.15) is 11.1 Å². The van der Waals surface area contributed by atoms with Crippen molar-refractivity contribution < 1.29 is 14.3 Å². The van der Waals surface area contributed by atoms with Gasteiger partial charge in [0.2, 0.25) is 0 Å². The van der Waals surface area contributed by atoms with E-state index in [9.17, 15) is 14.9 Å². The molecule has 1 aliphatic carbocycles. The van der Waals surface area contributed by atoms with Crippen LogP contribution in [0, 0.1) is 18.3 Å². The third-order valence-electron chi connectivity index (χ3n) is 4.79. The molecule has 3 aromatic rings. The van der Waals surface area contributed by atoms with E-state index < -0.39 is 18.5 Å². The van der Waals surface area contributed by atoms with Crippen molar-refractivity contribution >= 4 is 40.0 Å². The molecule has 2 heterocycles. The average Bonchev–Trinajstić information content (AvgIpc) is 3.47. The van der Waals surface area contributed by atoms with Crippen molar-refractivity contribution in [3.63, 3.8) is 0 Å². The monoisotopic (exact) mass is 434 g/mol. The highest BCUT2D eigenvalue weighted by atomic mass is 32.1. The Morgan fingerprint density at radius 3 is 2.84 bits per heavy atom. The highest BCUT2D eigenvalue weighted by Gasteiger charge is 2.24. The zero-order chi connectivity index (χ0) is 21.8. The Balaban J connectivity index is 1.47. The molecule has 9 nitrogen and oxygen atoms in total. The predicted octanol–water partition coefficient (Wildman–Crippen LogP) is 2.58. The molecule has 2 aromatic heterocycles. The summed E-state index contributed by atoms with van der Waals surface area (Å²) in [4.78, 5) is 26.3. The summed E-state index contributed by atoms with van der Waals surface area (Å²) < 4.78 is 6.48. The van der Waals surface area contributed by atoms with Gasteiger partial charge in [-0.15, -0.1) is 16.4 Å². The standard InChI is InChI=1S/C21H18N6O3S/c1-13-24-25-26-27(13)17(10-14-6-3-2-4-7-14)21(29)30-12-19(28)23-20-16(11-22)15-8-5-9-18(15)31-20/h2-4,6-7,10H,5,8-9,12H2,1H3,(H,23,28). The number of aromatic nitrogens is 4. The number of rotatable bonds is 6. The van der Waals surface area contributed by atoms with Gasteiger partial charge in [0.05, 0.1) is 5.56 Å². The molecule has 0 spiro atoms. The lowest BCUT2D eigenvalue weighted by Crippen LogP contribution is -2.23. The van der Waals surface area contributed by atoms with E-state index in [1.807, 2.05) is 30.3 Å². The van der Waals surface area contributed by atoms with Crippen LogP contribution in [0.5, 0.6) is 0 Å². The normalized spacial score (nSPS) is 12.8. The minimum atomic E-state index is -0.747. The van der Waals surface area contributed by atoms with Crippen molar-refractivity contribution in [2.75, 3.05) is 11.9 Å². The number of thiophene rings is 1. The largest absolute Gasteiger partial charge is 0.451 e.